The molecule has 0 N–H and O–H groups in total. The maximum absolute atomic E-state index is 7.22. The average molecular weight is 733 g/mol. The molecule has 9 heteroatoms. The quantitative estimate of drug-likeness (QED) is 0.177. The Bertz CT molecular complexity index is 2150. The van der Waals surface area contributed by atoms with Crippen LogP contribution >= 0.6 is 11.6 Å². The fourth-order valence-electron chi connectivity index (χ4n) is 8.33. The summed E-state index contributed by atoms with van der Waals surface area (Å²) in [4.78, 5) is 4.82. The molecule has 2 atom stereocenters. The van der Waals surface area contributed by atoms with Crippen LogP contribution in [-0.4, -0.2) is 65.4 Å². The van der Waals surface area contributed by atoms with Crippen LogP contribution in [0.5, 0.6) is 46.0 Å². The standard InChI is InChI=1S/C44H45ClN2O6/c1-46-19-17-29-24-37(49-4)39-25-33(29)34(46)21-26-7-14-31(15-8-26)52-38-23-27(9-16-36(38)48-3)22-35-41-32(18-20-47(35)2)40(28-10-12-30(45)13-11-28)42(50-5)44(51-6)43(41)53-39/h7-16,23-25,34-35H,17-22H2,1-6H3/t34-,35-/m0/s1. The highest BCUT2D eigenvalue weighted by Crippen LogP contribution is 2.56. The molecular formula is C44H45ClN2O6. The smallest absolute Gasteiger partial charge is 0.204 e. The highest BCUT2D eigenvalue weighted by Gasteiger charge is 2.37. The third kappa shape index (κ3) is 6.43. The molecule has 4 aliphatic heterocycles. The maximum atomic E-state index is 7.22. The molecule has 53 heavy (non-hydrogen) atoms. The lowest BCUT2D eigenvalue weighted by atomic mass is 9.82. The second-order valence-corrected chi connectivity index (χ2v) is 14.5. The predicted molar refractivity (Wildman–Crippen MR) is 208 cm³/mol. The van der Waals surface area contributed by atoms with Gasteiger partial charge in [0.1, 0.15) is 5.75 Å². The molecule has 5 aromatic carbocycles. The van der Waals surface area contributed by atoms with Crippen molar-refractivity contribution >= 4 is 11.6 Å². The first kappa shape index (κ1) is 35.2. The van der Waals surface area contributed by atoms with Crippen LogP contribution in [-0.2, 0) is 25.7 Å². The summed E-state index contributed by atoms with van der Waals surface area (Å²) in [5, 5.41) is 0.669. The van der Waals surface area contributed by atoms with Crippen LogP contribution in [0.25, 0.3) is 11.1 Å². The van der Waals surface area contributed by atoms with Gasteiger partial charge in [0.15, 0.2) is 34.5 Å². The minimum atomic E-state index is -0.0958. The number of benzene rings is 5. The predicted octanol–water partition coefficient (Wildman–Crippen LogP) is 9.48. The van der Waals surface area contributed by atoms with Crippen LogP contribution in [0.4, 0.5) is 0 Å². The minimum Gasteiger partial charge on any atom is -0.493 e. The second-order valence-electron chi connectivity index (χ2n) is 14.1. The van der Waals surface area contributed by atoms with E-state index in [4.69, 9.17) is 40.0 Å². The van der Waals surface area contributed by atoms with Crippen molar-refractivity contribution in [2.45, 2.75) is 37.8 Å². The Morgan fingerprint density at radius 3 is 2.02 bits per heavy atom. The topological polar surface area (TPSA) is 61.9 Å². The van der Waals surface area contributed by atoms with E-state index in [-0.39, 0.29) is 12.1 Å². The monoisotopic (exact) mass is 732 g/mol. The number of hydrogen-bond donors (Lipinski definition) is 0. The summed E-state index contributed by atoms with van der Waals surface area (Å²) in [5.74, 6) is 5.18. The fourth-order valence-corrected chi connectivity index (χ4v) is 8.46. The molecule has 0 saturated carbocycles. The van der Waals surface area contributed by atoms with Crippen molar-refractivity contribution in [1.82, 2.24) is 9.80 Å². The summed E-state index contributed by atoms with van der Waals surface area (Å²) in [6.45, 7) is 1.77. The van der Waals surface area contributed by atoms with Crippen molar-refractivity contribution in [2.75, 3.05) is 55.6 Å². The van der Waals surface area contributed by atoms with Gasteiger partial charge in [-0.3, -0.25) is 9.80 Å². The fraction of sp³-hybridized carbons (Fsp3) is 0.318. The molecule has 0 unspecified atom stereocenters. The molecule has 274 valence electrons. The SMILES string of the molecule is COc1ccc2cc1Oc1ccc(cc1)C[C@H]1c3cc(c(OC)cc3CCN1C)Oc1c(OC)c(OC)c(-c3ccc(Cl)cc3)c3c1[C@H](C2)N(C)CC3. The number of likely N-dealkylation sites (N-methyl/N-ethyl adjacent to an activating group) is 2. The molecular weight excluding hydrogens is 688 g/mol. The lowest BCUT2D eigenvalue weighted by molar-refractivity contribution is 0.220. The molecule has 0 amide bonds. The largest absolute Gasteiger partial charge is 0.493 e. The van der Waals surface area contributed by atoms with E-state index >= 15 is 0 Å². The zero-order valence-corrected chi connectivity index (χ0v) is 31.9. The van der Waals surface area contributed by atoms with E-state index in [1.54, 1.807) is 28.4 Å². The highest BCUT2D eigenvalue weighted by molar-refractivity contribution is 6.30. The number of hydrogen-bond acceptors (Lipinski definition) is 8. The van der Waals surface area contributed by atoms with Gasteiger partial charge in [-0.25, -0.2) is 0 Å². The molecule has 9 rings (SSSR count). The summed E-state index contributed by atoms with van der Waals surface area (Å²) >= 11 is 6.40. The van der Waals surface area contributed by atoms with Crippen LogP contribution in [0.2, 0.25) is 5.02 Å². The minimum absolute atomic E-state index is 0.0958. The molecule has 0 saturated heterocycles. The van der Waals surface area contributed by atoms with E-state index in [1.165, 1.54) is 16.7 Å². The van der Waals surface area contributed by atoms with Gasteiger partial charge in [0.2, 0.25) is 5.75 Å². The molecule has 6 bridgehead atoms. The number of fused-ring (bicyclic) bond motifs is 2. The number of ether oxygens (including phenoxy) is 6. The first-order valence-corrected chi connectivity index (χ1v) is 18.5. The maximum Gasteiger partial charge on any atom is 0.204 e. The van der Waals surface area contributed by atoms with Gasteiger partial charge in [-0.05, 0) is 122 Å². The molecule has 0 aliphatic carbocycles. The summed E-state index contributed by atoms with van der Waals surface area (Å²) in [6, 6.07) is 26.9. The molecule has 0 fully saturated rings. The van der Waals surface area contributed by atoms with Gasteiger partial charge >= 0.3 is 0 Å². The first-order chi connectivity index (χ1) is 25.8. The molecule has 4 heterocycles. The van der Waals surface area contributed by atoms with Crippen LogP contribution < -0.4 is 28.4 Å². The highest BCUT2D eigenvalue weighted by atomic mass is 35.5. The van der Waals surface area contributed by atoms with Gasteiger partial charge < -0.3 is 28.4 Å². The third-order valence-corrected chi connectivity index (χ3v) is 11.4. The first-order valence-electron chi connectivity index (χ1n) is 18.1. The van der Waals surface area contributed by atoms with Crippen LogP contribution in [0.3, 0.4) is 0 Å². The van der Waals surface area contributed by atoms with Crippen LogP contribution in [0, 0.1) is 0 Å². The van der Waals surface area contributed by atoms with E-state index in [2.05, 4.69) is 60.3 Å². The number of methoxy groups -OCH3 is 4. The van der Waals surface area contributed by atoms with Crippen molar-refractivity contribution in [1.29, 1.82) is 0 Å². The Morgan fingerprint density at radius 2 is 1.30 bits per heavy atom. The Morgan fingerprint density at radius 1 is 0.642 bits per heavy atom. The normalized spacial score (nSPS) is 18.2. The second kappa shape index (κ2) is 14.5. The lowest BCUT2D eigenvalue weighted by Crippen LogP contribution is -2.34. The Kier molecular flexibility index (Phi) is 9.62. The molecule has 8 nitrogen and oxygen atoms in total. The number of rotatable bonds is 5. The Labute approximate surface area is 316 Å². The summed E-state index contributed by atoms with van der Waals surface area (Å²) in [6.07, 6.45) is 3.19. The van der Waals surface area contributed by atoms with Crippen molar-refractivity contribution in [3.63, 3.8) is 0 Å². The van der Waals surface area contributed by atoms with Gasteiger partial charge in [-0.2, -0.15) is 0 Å². The number of nitrogens with zero attached hydrogens (tertiary/aromatic N) is 2. The van der Waals surface area contributed by atoms with Crippen molar-refractivity contribution < 1.29 is 28.4 Å². The molecule has 5 aromatic rings. The zero-order chi connectivity index (χ0) is 36.8. The van der Waals surface area contributed by atoms with Gasteiger partial charge in [0.05, 0.1) is 28.4 Å². The van der Waals surface area contributed by atoms with Gasteiger partial charge in [0, 0.05) is 41.3 Å². The van der Waals surface area contributed by atoms with E-state index < -0.39 is 0 Å². The summed E-state index contributed by atoms with van der Waals surface area (Å²) in [5.41, 5.74) is 8.96. The van der Waals surface area contributed by atoms with Crippen molar-refractivity contribution in [2.24, 2.45) is 0 Å². The van der Waals surface area contributed by atoms with Crippen molar-refractivity contribution in [3.05, 3.63) is 117 Å². The van der Waals surface area contributed by atoms with Gasteiger partial charge in [-0.15, -0.1) is 0 Å². The van der Waals surface area contributed by atoms with E-state index in [1.807, 2.05) is 42.5 Å². The number of halogens is 1. The van der Waals surface area contributed by atoms with Gasteiger partial charge in [0.25, 0.3) is 0 Å². The average Bonchev–Trinajstić information content (AvgIpc) is 3.17. The van der Waals surface area contributed by atoms with E-state index in [0.29, 0.717) is 51.7 Å². The lowest BCUT2D eigenvalue weighted by Gasteiger charge is -2.38. The van der Waals surface area contributed by atoms with E-state index in [0.717, 1.165) is 65.9 Å². The third-order valence-electron chi connectivity index (χ3n) is 11.1. The van der Waals surface area contributed by atoms with Gasteiger partial charge in [-0.1, -0.05) is 41.9 Å². The Balaban J connectivity index is 1.41. The summed E-state index contributed by atoms with van der Waals surface area (Å²) < 4.78 is 38.2. The van der Waals surface area contributed by atoms with Crippen LogP contribution in [0.1, 0.15) is 45.5 Å². The molecule has 0 aromatic heterocycles. The zero-order valence-electron chi connectivity index (χ0n) is 31.1. The van der Waals surface area contributed by atoms with E-state index in [9.17, 15) is 0 Å². The molecule has 4 aliphatic rings. The van der Waals surface area contributed by atoms with Crippen LogP contribution in [0.15, 0.2) is 78.9 Å². The molecule has 0 spiro atoms. The Hall–Kier alpha value is -4.89. The molecule has 0 radical (unpaired) electrons. The summed E-state index contributed by atoms with van der Waals surface area (Å²) in [7, 11) is 11.1. The van der Waals surface area contributed by atoms with Crippen molar-refractivity contribution in [3.8, 4) is 57.1 Å².